The molecule has 0 saturated carbocycles. The van der Waals surface area contributed by atoms with E-state index in [1.165, 1.54) is 12.1 Å². The predicted octanol–water partition coefficient (Wildman–Crippen LogP) is 2.44. The summed E-state index contributed by atoms with van der Waals surface area (Å²) in [6.45, 7) is 3.08. The van der Waals surface area contributed by atoms with Crippen LogP contribution in [0.15, 0.2) is 48.5 Å². The van der Waals surface area contributed by atoms with Crippen LogP contribution in [0, 0.1) is 5.82 Å². The number of anilines is 1. The topological polar surface area (TPSA) is 65.0 Å². The van der Waals surface area contributed by atoms with Crippen molar-refractivity contribution < 1.29 is 19.0 Å². The van der Waals surface area contributed by atoms with Gasteiger partial charge in [0.15, 0.2) is 0 Å². The number of amides is 2. The van der Waals surface area contributed by atoms with Crippen LogP contribution < -0.4 is 15.0 Å². The molecule has 7 heteroatoms. The molecule has 1 heterocycles. The Kier molecular flexibility index (Phi) is 5.78. The fourth-order valence-electron chi connectivity index (χ4n) is 2.88. The summed E-state index contributed by atoms with van der Waals surface area (Å²) in [6.07, 6.45) is 0. The number of benzene rings is 2. The van der Waals surface area contributed by atoms with Gasteiger partial charge in [-0.1, -0.05) is 18.2 Å². The van der Waals surface area contributed by atoms with E-state index < -0.39 is 0 Å². The van der Waals surface area contributed by atoms with Crippen LogP contribution in [0.1, 0.15) is 0 Å². The molecule has 0 aromatic heterocycles. The van der Waals surface area contributed by atoms with Gasteiger partial charge in [-0.05, 0) is 24.3 Å². The molecule has 0 spiro atoms. The van der Waals surface area contributed by atoms with Crippen LogP contribution >= 0.6 is 0 Å². The van der Waals surface area contributed by atoms with Crippen molar-refractivity contribution in [3.63, 3.8) is 0 Å². The first-order chi connectivity index (χ1) is 12.6. The van der Waals surface area contributed by atoms with Gasteiger partial charge in [-0.2, -0.15) is 0 Å². The van der Waals surface area contributed by atoms with E-state index in [4.69, 9.17) is 4.74 Å². The molecule has 1 fully saturated rings. The summed E-state index contributed by atoms with van der Waals surface area (Å²) < 4.78 is 18.5. The molecule has 2 amide bonds. The molecular formula is C19H22FN3O3. The maximum Gasteiger partial charge on any atom is 0.317 e. The number of phenolic OH excluding ortho intramolecular Hbond substituents is 1. The zero-order valence-corrected chi connectivity index (χ0v) is 14.4. The summed E-state index contributed by atoms with van der Waals surface area (Å²) in [5.74, 6) is 0.337. The fraction of sp³-hybridized carbons (Fsp3) is 0.316. The lowest BCUT2D eigenvalue weighted by atomic mass is 10.2. The van der Waals surface area contributed by atoms with Gasteiger partial charge in [0.2, 0.25) is 0 Å². The Morgan fingerprint density at radius 2 is 1.88 bits per heavy atom. The van der Waals surface area contributed by atoms with Crippen molar-refractivity contribution in [3.8, 4) is 11.5 Å². The van der Waals surface area contributed by atoms with Crippen molar-refractivity contribution in [3.05, 3.63) is 54.3 Å². The number of rotatable bonds is 5. The second-order valence-electron chi connectivity index (χ2n) is 6.00. The number of piperazine rings is 1. The van der Waals surface area contributed by atoms with E-state index >= 15 is 0 Å². The molecule has 1 aliphatic heterocycles. The summed E-state index contributed by atoms with van der Waals surface area (Å²) in [7, 11) is 0. The normalized spacial score (nSPS) is 14.2. The number of aromatic hydroxyl groups is 1. The molecule has 138 valence electrons. The zero-order valence-electron chi connectivity index (χ0n) is 14.4. The fourth-order valence-corrected chi connectivity index (χ4v) is 2.88. The molecule has 0 aliphatic carbocycles. The highest BCUT2D eigenvalue weighted by atomic mass is 19.1. The van der Waals surface area contributed by atoms with Gasteiger partial charge >= 0.3 is 6.03 Å². The van der Waals surface area contributed by atoms with Gasteiger partial charge in [-0.3, -0.25) is 0 Å². The third-order valence-electron chi connectivity index (χ3n) is 4.23. The molecule has 0 bridgehead atoms. The second kappa shape index (κ2) is 8.42. The smallest absolute Gasteiger partial charge is 0.317 e. The molecule has 0 unspecified atom stereocenters. The number of urea groups is 1. The Balaban J connectivity index is 1.39. The highest BCUT2D eigenvalue weighted by molar-refractivity contribution is 5.74. The second-order valence-corrected chi connectivity index (χ2v) is 6.00. The van der Waals surface area contributed by atoms with Crippen molar-refractivity contribution in [1.29, 1.82) is 0 Å². The molecule has 26 heavy (non-hydrogen) atoms. The minimum Gasteiger partial charge on any atom is -0.506 e. The SMILES string of the molecule is O=C(NCCOc1cccc(F)c1)N1CCN(c2ccccc2O)CC1. The minimum atomic E-state index is -0.353. The van der Waals surface area contributed by atoms with Gasteiger partial charge in [-0.25, -0.2) is 9.18 Å². The molecule has 1 saturated heterocycles. The van der Waals surface area contributed by atoms with E-state index in [-0.39, 0.29) is 24.2 Å². The van der Waals surface area contributed by atoms with Gasteiger partial charge < -0.3 is 25.0 Å². The van der Waals surface area contributed by atoms with Gasteiger partial charge in [0.1, 0.15) is 23.9 Å². The van der Waals surface area contributed by atoms with Crippen molar-refractivity contribution in [2.24, 2.45) is 0 Å². The summed E-state index contributed by atoms with van der Waals surface area (Å²) in [5.41, 5.74) is 0.788. The van der Waals surface area contributed by atoms with Crippen LogP contribution in [-0.2, 0) is 0 Å². The number of nitrogens with zero attached hydrogens (tertiary/aromatic N) is 2. The highest BCUT2D eigenvalue weighted by Crippen LogP contribution is 2.27. The van der Waals surface area contributed by atoms with Crippen LogP contribution in [0.25, 0.3) is 0 Å². The van der Waals surface area contributed by atoms with Gasteiger partial charge in [0.25, 0.3) is 0 Å². The lowest BCUT2D eigenvalue weighted by molar-refractivity contribution is 0.191. The Bertz CT molecular complexity index is 748. The van der Waals surface area contributed by atoms with E-state index in [1.54, 1.807) is 29.2 Å². The summed E-state index contributed by atoms with van der Waals surface area (Å²) in [4.78, 5) is 16.0. The van der Waals surface area contributed by atoms with Crippen LogP contribution in [-0.4, -0.2) is 55.4 Å². The Hall–Kier alpha value is -2.96. The largest absolute Gasteiger partial charge is 0.506 e. The number of carbonyl (C=O) groups is 1. The summed E-state index contributed by atoms with van der Waals surface area (Å²) in [5, 5.41) is 12.7. The maximum absolute atomic E-state index is 13.1. The van der Waals surface area contributed by atoms with Crippen LogP contribution in [0.5, 0.6) is 11.5 Å². The number of para-hydroxylation sites is 2. The molecular weight excluding hydrogens is 337 g/mol. The zero-order chi connectivity index (χ0) is 18.4. The standard InChI is InChI=1S/C19H22FN3O3/c20-15-4-3-5-16(14-15)26-13-8-21-19(25)23-11-9-22(10-12-23)17-6-1-2-7-18(17)24/h1-7,14,24H,8-13H2,(H,21,25). The van der Waals surface area contributed by atoms with Crippen molar-refractivity contribution in [2.45, 2.75) is 0 Å². The maximum atomic E-state index is 13.1. The molecule has 2 N–H and O–H groups in total. The monoisotopic (exact) mass is 359 g/mol. The molecule has 0 atom stereocenters. The predicted molar refractivity (Wildman–Crippen MR) is 97.2 cm³/mol. The molecule has 2 aromatic rings. The number of ether oxygens (including phenoxy) is 1. The highest BCUT2D eigenvalue weighted by Gasteiger charge is 2.22. The molecule has 0 radical (unpaired) electrons. The molecule has 1 aliphatic rings. The lowest BCUT2D eigenvalue weighted by Gasteiger charge is -2.36. The average molecular weight is 359 g/mol. The van der Waals surface area contributed by atoms with Crippen molar-refractivity contribution in [1.82, 2.24) is 10.2 Å². The van der Waals surface area contributed by atoms with E-state index in [2.05, 4.69) is 10.2 Å². The van der Waals surface area contributed by atoms with E-state index in [9.17, 15) is 14.3 Å². The Morgan fingerprint density at radius 1 is 1.12 bits per heavy atom. The first-order valence-corrected chi connectivity index (χ1v) is 8.57. The Morgan fingerprint density at radius 3 is 2.62 bits per heavy atom. The molecule has 3 rings (SSSR count). The van der Waals surface area contributed by atoms with Crippen molar-refractivity contribution in [2.75, 3.05) is 44.2 Å². The molecule has 6 nitrogen and oxygen atoms in total. The first kappa shape index (κ1) is 17.8. The number of nitrogens with one attached hydrogen (secondary N) is 1. The number of carbonyl (C=O) groups excluding carboxylic acids is 1. The summed E-state index contributed by atoms with van der Waals surface area (Å²) in [6, 6.07) is 13.0. The average Bonchev–Trinajstić information content (AvgIpc) is 2.66. The van der Waals surface area contributed by atoms with Gasteiger partial charge in [-0.15, -0.1) is 0 Å². The van der Waals surface area contributed by atoms with Gasteiger partial charge in [0, 0.05) is 32.2 Å². The summed E-state index contributed by atoms with van der Waals surface area (Å²) >= 11 is 0. The van der Waals surface area contributed by atoms with Crippen LogP contribution in [0.3, 0.4) is 0 Å². The number of phenols is 1. The van der Waals surface area contributed by atoms with E-state index in [1.807, 2.05) is 12.1 Å². The lowest BCUT2D eigenvalue weighted by Crippen LogP contribution is -2.52. The van der Waals surface area contributed by atoms with Gasteiger partial charge in [0.05, 0.1) is 12.2 Å². The Labute approximate surface area is 151 Å². The number of hydrogen-bond donors (Lipinski definition) is 2. The minimum absolute atomic E-state index is 0.148. The quantitative estimate of drug-likeness (QED) is 0.805. The number of hydrogen-bond acceptors (Lipinski definition) is 4. The van der Waals surface area contributed by atoms with Crippen LogP contribution in [0.4, 0.5) is 14.9 Å². The first-order valence-electron chi connectivity index (χ1n) is 8.57. The van der Waals surface area contributed by atoms with E-state index in [0.29, 0.717) is 38.5 Å². The third kappa shape index (κ3) is 4.56. The van der Waals surface area contributed by atoms with Crippen LogP contribution in [0.2, 0.25) is 0 Å². The molecule has 2 aromatic carbocycles. The third-order valence-corrected chi connectivity index (χ3v) is 4.23. The number of halogens is 1. The van der Waals surface area contributed by atoms with Crippen molar-refractivity contribution >= 4 is 11.7 Å². The van der Waals surface area contributed by atoms with E-state index in [0.717, 1.165) is 5.69 Å².